The summed E-state index contributed by atoms with van der Waals surface area (Å²) in [6, 6.07) is 2.57. The first-order valence-electron chi connectivity index (χ1n) is 7.66. The molecule has 1 aliphatic rings. The van der Waals surface area contributed by atoms with E-state index in [0.717, 1.165) is 18.4 Å². The van der Waals surface area contributed by atoms with Crippen LogP contribution < -0.4 is 5.73 Å². The zero-order chi connectivity index (χ0) is 15.0. The Kier molecular flexibility index (Phi) is 3.83. The fraction of sp³-hybridized carbons (Fsp3) is 0.562. The van der Waals surface area contributed by atoms with Gasteiger partial charge in [0.2, 0.25) is 5.95 Å². The first kappa shape index (κ1) is 14.3. The van der Waals surface area contributed by atoms with E-state index < -0.39 is 11.6 Å². The molecule has 1 aromatic heterocycles. The van der Waals surface area contributed by atoms with Crippen molar-refractivity contribution in [3.63, 3.8) is 0 Å². The fourth-order valence-corrected chi connectivity index (χ4v) is 3.33. The average molecular weight is 293 g/mol. The number of nitrogens with two attached hydrogens (primary N) is 1. The summed E-state index contributed by atoms with van der Waals surface area (Å²) >= 11 is 0. The summed E-state index contributed by atoms with van der Waals surface area (Å²) < 4.78 is 29.0. The van der Waals surface area contributed by atoms with Crippen LogP contribution in [0.5, 0.6) is 0 Å². The first-order valence-corrected chi connectivity index (χ1v) is 7.66. The molecule has 1 aliphatic carbocycles. The Morgan fingerprint density at radius 3 is 2.67 bits per heavy atom. The van der Waals surface area contributed by atoms with E-state index in [0.29, 0.717) is 18.0 Å². The lowest BCUT2D eigenvalue weighted by molar-refractivity contribution is 0.269. The van der Waals surface area contributed by atoms with E-state index in [2.05, 4.69) is 11.9 Å². The van der Waals surface area contributed by atoms with Crippen molar-refractivity contribution >= 4 is 17.0 Å². The first-order chi connectivity index (χ1) is 10.1. The Bertz CT molecular complexity index is 642. The van der Waals surface area contributed by atoms with Gasteiger partial charge in [0.1, 0.15) is 5.52 Å². The van der Waals surface area contributed by atoms with Crippen LogP contribution in [0, 0.1) is 23.5 Å². The third-order valence-corrected chi connectivity index (χ3v) is 4.73. The van der Waals surface area contributed by atoms with E-state index in [-0.39, 0.29) is 11.5 Å². The van der Waals surface area contributed by atoms with Gasteiger partial charge in [0.05, 0.1) is 5.52 Å². The topological polar surface area (TPSA) is 43.8 Å². The van der Waals surface area contributed by atoms with Crippen LogP contribution in [0.3, 0.4) is 0 Å². The molecule has 1 saturated carbocycles. The molecule has 0 spiro atoms. The normalized spacial score (nSPS) is 22.8. The lowest BCUT2D eigenvalue weighted by Crippen LogP contribution is -2.15. The zero-order valence-corrected chi connectivity index (χ0v) is 12.3. The number of imidazole rings is 1. The Morgan fingerprint density at radius 2 is 1.95 bits per heavy atom. The average Bonchev–Trinajstić information content (AvgIpc) is 2.79. The molecule has 5 heteroatoms. The number of nitrogen functional groups attached to an aromatic ring is 1. The minimum absolute atomic E-state index is 0.191. The van der Waals surface area contributed by atoms with Crippen molar-refractivity contribution in [3.8, 4) is 0 Å². The van der Waals surface area contributed by atoms with Gasteiger partial charge in [-0.2, -0.15) is 0 Å². The second kappa shape index (κ2) is 5.62. The summed E-state index contributed by atoms with van der Waals surface area (Å²) in [4.78, 5) is 4.12. The highest BCUT2D eigenvalue weighted by molar-refractivity contribution is 5.79. The largest absolute Gasteiger partial charge is 0.369 e. The highest BCUT2D eigenvalue weighted by Crippen LogP contribution is 2.31. The molecule has 0 atom stereocenters. The molecular weight excluding hydrogens is 272 g/mol. The molecule has 1 aromatic carbocycles. The molecule has 2 aromatic rings. The maximum Gasteiger partial charge on any atom is 0.201 e. The number of anilines is 1. The number of hydrogen-bond donors (Lipinski definition) is 1. The van der Waals surface area contributed by atoms with Crippen LogP contribution in [0.1, 0.15) is 39.0 Å². The molecule has 0 amide bonds. The Hall–Kier alpha value is -1.65. The van der Waals surface area contributed by atoms with Crippen LogP contribution in [-0.2, 0) is 6.54 Å². The zero-order valence-electron chi connectivity index (χ0n) is 12.3. The van der Waals surface area contributed by atoms with Crippen LogP contribution in [0.25, 0.3) is 11.0 Å². The number of nitrogens with zero attached hydrogens (tertiary/aromatic N) is 2. The number of hydrogen-bond acceptors (Lipinski definition) is 2. The van der Waals surface area contributed by atoms with Crippen LogP contribution >= 0.6 is 0 Å². The van der Waals surface area contributed by atoms with Crippen molar-refractivity contribution < 1.29 is 8.78 Å². The molecule has 0 radical (unpaired) electrons. The number of fused-ring (bicyclic) bond motifs is 1. The highest BCUT2D eigenvalue weighted by atomic mass is 19.2. The lowest BCUT2D eigenvalue weighted by Gasteiger charge is -2.26. The number of aromatic nitrogens is 2. The predicted octanol–water partition coefficient (Wildman–Crippen LogP) is 4.11. The van der Waals surface area contributed by atoms with Crippen LogP contribution in [0.4, 0.5) is 14.7 Å². The Balaban J connectivity index is 1.80. The number of benzene rings is 1. The van der Waals surface area contributed by atoms with E-state index in [4.69, 9.17) is 5.73 Å². The molecule has 0 saturated heterocycles. The van der Waals surface area contributed by atoms with Gasteiger partial charge >= 0.3 is 0 Å². The Labute approximate surface area is 123 Å². The molecule has 0 bridgehead atoms. The minimum Gasteiger partial charge on any atom is -0.369 e. The van der Waals surface area contributed by atoms with E-state index >= 15 is 0 Å². The third-order valence-electron chi connectivity index (χ3n) is 4.73. The minimum atomic E-state index is -0.853. The Morgan fingerprint density at radius 1 is 1.24 bits per heavy atom. The van der Waals surface area contributed by atoms with Crippen molar-refractivity contribution in [1.29, 1.82) is 0 Å². The monoisotopic (exact) mass is 293 g/mol. The van der Waals surface area contributed by atoms with Gasteiger partial charge in [-0.05, 0) is 30.4 Å². The quantitative estimate of drug-likeness (QED) is 0.925. The van der Waals surface area contributed by atoms with Crippen LogP contribution in [0.2, 0.25) is 0 Å². The molecule has 114 valence electrons. The van der Waals surface area contributed by atoms with Gasteiger partial charge in [-0.3, -0.25) is 0 Å². The summed E-state index contributed by atoms with van der Waals surface area (Å²) in [7, 11) is 0. The predicted molar refractivity (Wildman–Crippen MR) is 79.8 cm³/mol. The van der Waals surface area contributed by atoms with Gasteiger partial charge in [-0.25, -0.2) is 13.8 Å². The summed E-state index contributed by atoms with van der Waals surface area (Å²) in [5.74, 6) is 0.0180. The van der Waals surface area contributed by atoms with Gasteiger partial charge < -0.3 is 10.3 Å². The molecule has 3 rings (SSSR count). The molecular formula is C16H21F2N3. The maximum absolute atomic E-state index is 14.0. The molecule has 0 unspecified atom stereocenters. The molecule has 21 heavy (non-hydrogen) atoms. The van der Waals surface area contributed by atoms with Crippen LogP contribution in [0.15, 0.2) is 12.1 Å². The van der Waals surface area contributed by atoms with E-state index in [1.807, 2.05) is 0 Å². The third kappa shape index (κ3) is 2.74. The highest BCUT2D eigenvalue weighted by Gasteiger charge is 2.20. The molecule has 0 aliphatic heterocycles. The smallest absolute Gasteiger partial charge is 0.201 e. The second-order valence-electron chi connectivity index (χ2n) is 6.27. The van der Waals surface area contributed by atoms with Crippen molar-refractivity contribution in [2.24, 2.45) is 11.8 Å². The van der Waals surface area contributed by atoms with Gasteiger partial charge in [-0.15, -0.1) is 0 Å². The van der Waals surface area contributed by atoms with Crippen molar-refractivity contribution in [2.45, 2.75) is 45.6 Å². The van der Waals surface area contributed by atoms with Gasteiger partial charge in [0.25, 0.3) is 0 Å². The summed E-state index contributed by atoms with van der Waals surface area (Å²) in [5, 5.41) is 0. The maximum atomic E-state index is 14.0. The molecule has 1 fully saturated rings. The van der Waals surface area contributed by atoms with E-state index in [1.165, 1.54) is 31.7 Å². The lowest BCUT2D eigenvalue weighted by atomic mass is 9.81. The summed E-state index contributed by atoms with van der Waals surface area (Å²) in [6.45, 7) is 2.89. The number of halogens is 2. The second-order valence-corrected chi connectivity index (χ2v) is 6.27. The van der Waals surface area contributed by atoms with Crippen molar-refractivity contribution in [2.75, 3.05) is 5.73 Å². The van der Waals surface area contributed by atoms with Gasteiger partial charge in [0, 0.05) is 6.54 Å². The van der Waals surface area contributed by atoms with Crippen molar-refractivity contribution in [1.82, 2.24) is 9.55 Å². The van der Waals surface area contributed by atoms with E-state index in [1.54, 1.807) is 4.57 Å². The standard InChI is InChI=1S/C16H21F2N3/c1-10-2-4-11(5-3-10)8-9-21-15-13(20-16(21)19)7-6-12(17)14(15)18/h6-7,10-11H,2-5,8-9H2,1H3,(H2,19,20). The number of aryl methyl sites for hydroxylation is 1. The summed E-state index contributed by atoms with van der Waals surface area (Å²) in [6.07, 6.45) is 5.88. The fourth-order valence-electron chi connectivity index (χ4n) is 3.33. The van der Waals surface area contributed by atoms with Crippen LogP contribution in [-0.4, -0.2) is 9.55 Å². The number of rotatable bonds is 3. The van der Waals surface area contributed by atoms with Gasteiger partial charge in [0.15, 0.2) is 11.6 Å². The van der Waals surface area contributed by atoms with E-state index in [9.17, 15) is 8.78 Å². The SMILES string of the molecule is CC1CCC(CCn2c(N)nc3ccc(F)c(F)c32)CC1. The molecule has 3 nitrogen and oxygen atoms in total. The summed E-state index contributed by atoms with van der Waals surface area (Å²) in [5.41, 5.74) is 6.48. The molecule has 1 heterocycles. The van der Waals surface area contributed by atoms with Gasteiger partial charge in [-0.1, -0.05) is 32.6 Å². The van der Waals surface area contributed by atoms with Crippen molar-refractivity contribution in [3.05, 3.63) is 23.8 Å². The molecule has 2 N–H and O–H groups in total.